The lowest BCUT2D eigenvalue weighted by molar-refractivity contribution is -0.238. The summed E-state index contributed by atoms with van der Waals surface area (Å²) in [6.45, 7) is -0.467. The highest BCUT2D eigenvalue weighted by Crippen LogP contribution is 2.47. The van der Waals surface area contributed by atoms with Crippen molar-refractivity contribution in [1.82, 2.24) is 0 Å². The van der Waals surface area contributed by atoms with Crippen molar-refractivity contribution in [2.24, 2.45) is 0 Å². The van der Waals surface area contributed by atoms with Crippen LogP contribution in [-0.4, -0.2) is 55.1 Å². The van der Waals surface area contributed by atoms with Gasteiger partial charge in [0, 0.05) is 0 Å². The number of benzene rings is 16. The Bertz CT molecular complexity index is 6360. The van der Waals surface area contributed by atoms with E-state index in [0.717, 1.165) is 66.8 Å². The van der Waals surface area contributed by atoms with Crippen LogP contribution < -0.4 is 56.8 Å². The van der Waals surface area contributed by atoms with Crippen LogP contribution in [0.2, 0.25) is 0 Å². The maximum atomic E-state index is 16.4. The van der Waals surface area contributed by atoms with Crippen LogP contribution in [0.5, 0.6) is 69.0 Å². The molecule has 16 aromatic carbocycles. The van der Waals surface area contributed by atoms with E-state index in [1.807, 2.05) is 364 Å². The highest BCUT2D eigenvalue weighted by molar-refractivity contribution is 5.94. The fourth-order valence-electron chi connectivity index (χ4n) is 15.2. The molecule has 1 heterocycles. The first-order valence-corrected chi connectivity index (χ1v) is 45.7. The molecule has 0 aromatic heterocycles. The van der Waals surface area contributed by atoms with Gasteiger partial charge >= 0.3 is 23.9 Å². The number of carbonyl (C=O) groups excluding carboxylic acids is 4. The Morgan fingerprint density at radius 3 is 0.583 bits per heavy atom. The molecule has 1 aliphatic rings. The Morgan fingerprint density at radius 1 is 0.209 bits per heavy atom. The molecular formula is C118H100O21. The lowest BCUT2D eigenvalue weighted by Crippen LogP contribution is -2.54. The number of esters is 4. The molecular weight excluding hydrogens is 1750 g/mol. The first kappa shape index (κ1) is 93.8. The fourth-order valence-corrected chi connectivity index (χ4v) is 15.2. The van der Waals surface area contributed by atoms with E-state index in [2.05, 4.69) is 0 Å². The second-order valence-electron chi connectivity index (χ2n) is 32.7. The lowest BCUT2D eigenvalue weighted by atomic mass is 10.0. The molecule has 0 unspecified atom stereocenters. The Labute approximate surface area is 806 Å². The Hall–Kier alpha value is -17.0. The molecule has 1 fully saturated rings. The minimum atomic E-state index is -1.81. The van der Waals surface area contributed by atoms with E-state index in [-0.39, 0.29) is 171 Å². The molecule has 0 spiro atoms. The first-order chi connectivity index (χ1) is 68.5. The minimum absolute atomic E-state index is 0.000309. The topological polar surface area (TPSA) is 225 Å². The van der Waals surface area contributed by atoms with E-state index in [0.29, 0.717) is 0 Å². The zero-order valence-corrected chi connectivity index (χ0v) is 76.0. The van der Waals surface area contributed by atoms with Crippen molar-refractivity contribution in [2.45, 2.75) is 110 Å². The summed E-state index contributed by atoms with van der Waals surface area (Å²) >= 11 is 0. The largest absolute Gasteiger partial charge is 0.485 e. The summed E-state index contributed by atoms with van der Waals surface area (Å²) in [5.74, 6) is -2.60. The maximum absolute atomic E-state index is 16.4. The van der Waals surface area contributed by atoms with Gasteiger partial charge in [0.05, 0.1) is 28.7 Å². The zero-order valence-electron chi connectivity index (χ0n) is 76.0. The van der Waals surface area contributed by atoms with Crippen molar-refractivity contribution < 1.29 is 99.7 Å². The number of hydrogen-bond donors (Lipinski definition) is 0. The quantitative estimate of drug-likeness (QED) is 0.0255. The van der Waals surface area contributed by atoms with Crippen molar-refractivity contribution in [2.75, 3.05) is 6.61 Å². The van der Waals surface area contributed by atoms with E-state index in [1.54, 1.807) is 0 Å². The van der Waals surface area contributed by atoms with Gasteiger partial charge in [-0.2, -0.15) is 0 Å². The smallest absolute Gasteiger partial charge is 0.340 e. The third-order valence-corrected chi connectivity index (χ3v) is 22.4. The Kier molecular flexibility index (Phi) is 32.5. The average molecular weight is 1850 g/mol. The molecule has 1 saturated heterocycles. The van der Waals surface area contributed by atoms with Crippen molar-refractivity contribution >= 4 is 23.9 Å². The molecule has 0 aliphatic carbocycles. The summed E-state index contributed by atoms with van der Waals surface area (Å²) in [6, 6.07) is 126. The van der Waals surface area contributed by atoms with Crippen LogP contribution in [0.3, 0.4) is 0 Å². The SMILES string of the molecule is O=C(OC[C@H]1O[C@@H](OC(=O)c2cc(OCc3ccccc3)c(OCc3ccccc3)c(OCc3ccccc3)c2)C[C@@H](OC(=O)c2cc(OCc3ccccc3)c(OCc3ccccc3)c(OCc3ccccc3)c2)[C@@H]1OC(=O)c1cc(OCc2ccccc2)c(OCc2ccccc2)c(OCc2ccccc2)c1)c1cc(OCc2ccccc2)c(OCc2ccccc2)c(OCc2ccccc2)c1. The molecule has 17 rings (SSSR count). The second-order valence-corrected chi connectivity index (χ2v) is 32.7. The fraction of sp³-hybridized carbons (Fsp3) is 0.153. The molecule has 1 aliphatic heterocycles. The third-order valence-electron chi connectivity index (χ3n) is 22.4. The van der Waals surface area contributed by atoms with Crippen LogP contribution in [0.1, 0.15) is 115 Å². The lowest BCUT2D eigenvalue weighted by Gasteiger charge is -2.40. The molecule has 0 bridgehead atoms. The summed E-state index contributed by atoms with van der Waals surface area (Å²) in [5.41, 5.74) is 9.15. The van der Waals surface area contributed by atoms with Crippen molar-refractivity contribution in [3.63, 3.8) is 0 Å². The molecule has 16 aromatic rings. The van der Waals surface area contributed by atoms with Gasteiger partial charge in [-0.25, -0.2) is 19.2 Å². The summed E-state index contributed by atoms with van der Waals surface area (Å²) in [5, 5.41) is 0. The van der Waals surface area contributed by atoms with Gasteiger partial charge in [-0.1, -0.05) is 364 Å². The normalized spacial score (nSPS) is 13.6. The Balaban J connectivity index is 0.803. The standard InChI is InChI=1S/C118H100O21/c119-115(95-61-99(123-70-83-37-13-1-14-38-83)110(131-78-91-53-29-9-30-54-91)100(62-95)124-71-84-39-15-2-16-40-84)135-82-108-114(139-118(122)98-67-105(129-76-89-49-25-7-26-50-89)113(134-81-94-59-35-12-36-60-94)106(68-98)130-77-90-51-27-8-28-52-90)107(137-116(120)96-63-101(125-72-85-41-17-3-18-42-85)111(132-79-92-55-31-10-32-56-92)102(64-96)126-73-86-43-19-4-20-44-86)69-109(136-108)138-117(121)97-65-103(127-74-87-45-21-5-22-46-87)112(133-80-93-57-33-11-34-58-93)104(66-97)128-75-88-47-23-6-24-48-88/h1-68,107-109,114H,69-82H2/t107-,108-,109+,114+/m1/s1. The second kappa shape index (κ2) is 48.2. The number of rotatable bonds is 45. The van der Waals surface area contributed by atoms with Crippen molar-refractivity contribution in [1.29, 1.82) is 0 Å². The van der Waals surface area contributed by atoms with Gasteiger partial charge in [-0.05, 0) is 115 Å². The van der Waals surface area contributed by atoms with E-state index in [9.17, 15) is 0 Å². The third kappa shape index (κ3) is 27.0. The Morgan fingerprint density at radius 2 is 0.381 bits per heavy atom. The molecule has 0 saturated carbocycles. The predicted molar refractivity (Wildman–Crippen MR) is 522 cm³/mol. The van der Waals surface area contributed by atoms with Crippen LogP contribution in [0.25, 0.3) is 0 Å². The summed E-state index contributed by atoms with van der Waals surface area (Å²) in [4.78, 5) is 64.5. The molecule has 21 heteroatoms. The monoisotopic (exact) mass is 1850 g/mol. The van der Waals surface area contributed by atoms with Crippen LogP contribution >= 0.6 is 0 Å². The first-order valence-electron chi connectivity index (χ1n) is 45.7. The van der Waals surface area contributed by atoms with Gasteiger partial charge in [0.15, 0.2) is 52.1 Å². The van der Waals surface area contributed by atoms with E-state index >= 15 is 19.2 Å². The van der Waals surface area contributed by atoms with Crippen molar-refractivity contribution in [3.05, 3.63) is 502 Å². The van der Waals surface area contributed by atoms with E-state index in [4.69, 9.17) is 80.5 Å². The van der Waals surface area contributed by atoms with Crippen LogP contribution in [-0.2, 0) is 103 Å². The average Bonchev–Trinajstić information content (AvgIpc) is 0.803. The summed E-state index contributed by atoms with van der Waals surface area (Å²) in [6.07, 6.45) is -7.61. The number of ether oxygens (including phenoxy) is 17. The zero-order chi connectivity index (χ0) is 94.8. The van der Waals surface area contributed by atoms with E-state index in [1.165, 1.54) is 48.5 Å². The van der Waals surface area contributed by atoms with Crippen LogP contribution in [0, 0.1) is 0 Å². The van der Waals surface area contributed by atoms with Crippen molar-refractivity contribution in [3.8, 4) is 69.0 Å². The van der Waals surface area contributed by atoms with Gasteiger partial charge in [-0.3, -0.25) is 0 Å². The predicted octanol–water partition coefficient (Wildman–Crippen LogP) is 24.2. The minimum Gasteiger partial charge on any atom is -0.485 e. The molecule has 0 amide bonds. The molecule has 4 atom stereocenters. The highest BCUT2D eigenvalue weighted by Gasteiger charge is 2.47. The number of hydrogen-bond acceptors (Lipinski definition) is 21. The maximum Gasteiger partial charge on any atom is 0.340 e. The van der Waals surface area contributed by atoms with Gasteiger partial charge in [-0.15, -0.1) is 0 Å². The molecule has 698 valence electrons. The molecule has 0 N–H and O–H groups in total. The van der Waals surface area contributed by atoms with Crippen LogP contribution in [0.15, 0.2) is 413 Å². The molecule has 0 radical (unpaired) electrons. The van der Waals surface area contributed by atoms with Gasteiger partial charge in [0.2, 0.25) is 29.3 Å². The summed E-state index contributed by atoms with van der Waals surface area (Å²) in [7, 11) is 0. The highest BCUT2D eigenvalue weighted by atomic mass is 16.7. The number of carbonyl (C=O) groups is 4. The molecule has 21 nitrogen and oxygen atoms in total. The van der Waals surface area contributed by atoms with E-state index < -0.39 is 61.5 Å². The van der Waals surface area contributed by atoms with Gasteiger partial charge in [0.1, 0.15) is 98.1 Å². The van der Waals surface area contributed by atoms with Crippen LogP contribution in [0.4, 0.5) is 0 Å². The summed E-state index contributed by atoms with van der Waals surface area (Å²) < 4.78 is 115. The van der Waals surface area contributed by atoms with Gasteiger partial charge in [0.25, 0.3) is 0 Å². The van der Waals surface area contributed by atoms with Gasteiger partial charge < -0.3 is 80.5 Å². The molecule has 139 heavy (non-hydrogen) atoms.